The van der Waals surface area contributed by atoms with Crippen molar-refractivity contribution < 1.29 is 4.42 Å². The Balaban J connectivity index is 1.98. The fourth-order valence-electron chi connectivity index (χ4n) is 1.85. The molecule has 4 nitrogen and oxygen atoms in total. The van der Waals surface area contributed by atoms with Gasteiger partial charge in [0.25, 0.3) is 6.01 Å². The minimum Gasteiger partial charge on any atom is -0.432 e. The van der Waals surface area contributed by atoms with Gasteiger partial charge in [-0.15, -0.1) is 0 Å². The molecule has 1 saturated carbocycles. The standard InChI is InChI=1S/C13H23N3O/c1-4-14-7-12-9-17-13(15-12)16(10(2)3)8-11-5-6-11/h9-11,14H,4-8H2,1-3H3. The van der Waals surface area contributed by atoms with Crippen molar-refractivity contribution in [3.8, 4) is 0 Å². The number of nitrogens with one attached hydrogen (secondary N) is 1. The van der Waals surface area contributed by atoms with Crippen molar-refractivity contribution in [3.63, 3.8) is 0 Å². The molecule has 0 saturated heterocycles. The van der Waals surface area contributed by atoms with Crippen LogP contribution in [0.15, 0.2) is 10.7 Å². The maximum atomic E-state index is 5.59. The van der Waals surface area contributed by atoms with Crippen LogP contribution >= 0.6 is 0 Å². The molecule has 1 aliphatic carbocycles. The van der Waals surface area contributed by atoms with Gasteiger partial charge in [-0.2, -0.15) is 4.98 Å². The molecule has 0 bridgehead atoms. The van der Waals surface area contributed by atoms with E-state index < -0.39 is 0 Å². The molecule has 0 aromatic carbocycles. The zero-order chi connectivity index (χ0) is 12.3. The van der Waals surface area contributed by atoms with Gasteiger partial charge in [0, 0.05) is 19.1 Å². The summed E-state index contributed by atoms with van der Waals surface area (Å²) in [6.07, 6.45) is 4.47. The van der Waals surface area contributed by atoms with Crippen molar-refractivity contribution in [1.82, 2.24) is 10.3 Å². The van der Waals surface area contributed by atoms with Crippen LogP contribution in [0.5, 0.6) is 0 Å². The Bertz CT molecular complexity index is 344. The molecule has 96 valence electrons. The second-order valence-corrected chi connectivity index (χ2v) is 5.09. The summed E-state index contributed by atoms with van der Waals surface area (Å²) in [6.45, 7) is 9.30. The quantitative estimate of drug-likeness (QED) is 0.790. The van der Waals surface area contributed by atoms with Crippen molar-refractivity contribution in [2.24, 2.45) is 5.92 Å². The molecule has 4 heteroatoms. The van der Waals surface area contributed by atoms with Crippen molar-refractivity contribution in [2.75, 3.05) is 18.0 Å². The van der Waals surface area contributed by atoms with Crippen molar-refractivity contribution in [3.05, 3.63) is 12.0 Å². The minimum atomic E-state index is 0.446. The third-order valence-corrected chi connectivity index (χ3v) is 3.12. The number of anilines is 1. The van der Waals surface area contributed by atoms with Crippen molar-refractivity contribution in [2.45, 2.75) is 46.2 Å². The maximum Gasteiger partial charge on any atom is 0.297 e. The number of aromatic nitrogens is 1. The van der Waals surface area contributed by atoms with E-state index in [0.717, 1.165) is 37.3 Å². The highest BCUT2D eigenvalue weighted by Gasteiger charge is 2.27. The normalized spacial score (nSPS) is 15.5. The van der Waals surface area contributed by atoms with Gasteiger partial charge in [0.05, 0.1) is 5.69 Å². The van der Waals surface area contributed by atoms with Crippen molar-refractivity contribution >= 4 is 6.01 Å². The summed E-state index contributed by atoms with van der Waals surface area (Å²) in [5.41, 5.74) is 0.989. The Labute approximate surface area is 103 Å². The lowest BCUT2D eigenvalue weighted by Crippen LogP contribution is -2.33. The highest BCUT2D eigenvalue weighted by atomic mass is 16.4. The van der Waals surface area contributed by atoms with Gasteiger partial charge in [0.1, 0.15) is 6.26 Å². The number of rotatable bonds is 7. The third kappa shape index (κ3) is 3.46. The van der Waals surface area contributed by atoms with Gasteiger partial charge in [-0.05, 0) is 39.2 Å². The van der Waals surface area contributed by atoms with E-state index >= 15 is 0 Å². The fraction of sp³-hybridized carbons (Fsp3) is 0.769. The first-order valence-corrected chi connectivity index (χ1v) is 6.62. The molecule has 2 rings (SSSR count). The molecule has 1 aromatic rings. The average molecular weight is 237 g/mol. The van der Waals surface area contributed by atoms with Crippen LogP contribution in [0.25, 0.3) is 0 Å². The van der Waals surface area contributed by atoms with Crippen LogP contribution in [0, 0.1) is 5.92 Å². The number of oxazole rings is 1. The Hall–Kier alpha value is -1.03. The van der Waals surface area contributed by atoms with Crippen molar-refractivity contribution in [1.29, 1.82) is 0 Å². The van der Waals surface area contributed by atoms with Gasteiger partial charge >= 0.3 is 0 Å². The van der Waals surface area contributed by atoms with Crippen LogP contribution < -0.4 is 10.2 Å². The van der Waals surface area contributed by atoms with E-state index in [9.17, 15) is 0 Å². The van der Waals surface area contributed by atoms with Gasteiger partial charge in [0.15, 0.2) is 0 Å². The lowest BCUT2D eigenvalue weighted by molar-refractivity contribution is 0.502. The molecule has 0 atom stereocenters. The van der Waals surface area contributed by atoms with Gasteiger partial charge < -0.3 is 14.6 Å². The average Bonchev–Trinajstić information content (AvgIpc) is 3.01. The predicted molar refractivity (Wildman–Crippen MR) is 69.1 cm³/mol. The monoisotopic (exact) mass is 237 g/mol. The Morgan fingerprint density at radius 2 is 2.29 bits per heavy atom. The Morgan fingerprint density at radius 3 is 2.88 bits per heavy atom. The summed E-state index contributed by atoms with van der Waals surface area (Å²) < 4.78 is 5.59. The van der Waals surface area contributed by atoms with Gasteiger partial charge in [0.2, 0.25) is 0 Å². The first kappa shape index (κ1) is 12.4. The molecule has 0 unspecified atom stereocenters. The van der Waals surface area contributed by atoms with E-state index in [1.807, 2.05) is 0 Å². The van der Waals surface area contributed by atoms with Gasteiger partial charge in [-0.25, -0.2) is 0 Å². The molecular formula is C13H23N3O. The molecular weight excluding hydrogens is 214 g/mol. The molecule has 0 spiro atoms. The summed E-state index contributed by atoms with van der Waals surface area (Å²) in [5.74, 6) is 0.849. The maximum absolute atomic E-state index is 5.59. The van der Waals surface area contributed by atoms with E-state index in [2.05, 4.69) is 36.0 Å². The smallest absolute Gasteiger partial charge is 0.297 e. The summed E-state index contributed by atoms with van der Waals surface area (Å²) >= 11 is 0. The second-order valence-electron chi connectivity index (χ2n) is 5.09. The Morgan fingerprint density at radius 1 is 1.53 bits per heavy atom. The zero-order valence-corrected chi connectivity index (χ0v) is 11.1. The highest BCUT2D eigenvalue weighted by Crippen LogP contribution is 2.32. The molecule has 0 amide bonds. The van der Waals surface area contributed by atoms with E-state index in [4.69, 9.17) is 4.42 Å². The number of nitrogens with zero attached hydrogens (tertiary/aromatic N) is 2. The molecule has 1 fully saturated rings. The lowest BCUT2D eigenvalue weighted by atomic mass is 10.3. The fourth-order valence-corrected chi connectivity index (χ4v) is 1.85. The molecule has 1 aromatic heterocycles. The number of hydrogen-bond acceptors (Lipinski definition) is 4. The Kier molecular flexibility index (Phi) is 4.05. The first-order valence-electron chi connectivity index (χ1n) is 6.62. The largest absolute Gasteiger partial charge is 0.432 e. The highest BCUT2D eigenvalue weighted by molar-refractivity contribution is 5.29. The molecule has 1 N–H and O–H groups in total. The topological polar surface area (TPSA) is 41.3 Å². The summed E-state index contributed by atoms with van der Waals surface area (Å²) in [4.78, 5) is 6.82. The third-order valence-electron chi connectivity index (χ3n) is 3.12. The van der Waals surface area contributed by atoms with E-state index in [1.54, 1.807) is 6.26 Å². The number of hydrogen-bond donors (Lipinski definition) is 1. The molecule has 1 aliphatic rings. The molecule has 17 heavy (non-hydrogen) atoms. The summed E-state index contributed by atoms with van der Waals surface area (Å²) in [5, 5.41) is 3.26. The van der Waals surface area contributed by atoms with Crippen LogP contribution in [0.4, 0.5) is 6.01 Å². The summed E-state index contributed by atoms with van der Waals surface area (Å²) in [6, 6.07) is 1.22. The SMILES string of the molecule is CCNCc1coc(N(CC2CC2)C(C)C)n1. The second kappa shape index (κ2) is 5.54. The zero-order valence-electron chi connectivity index (χ0n) is 11.1. The summed E-state index contributed by atoms with van der Waals surface area (Å²) in [7, 11) is 0. The molecule has 1 heterocycles. The predicted octanol–water partition coefficient (Wildman–Crippen LogP) is 2.41. The lowest BCUT2D eigenvalue weighted by Gasteiger charge is -2.24. The van der Waals surface area contributed by atoms with Crippen LogP contribution in [0.3, 0.4) is 0 Å². The van der Waals surface area contributed by atoms with E-state index in [1.165, 1.54) is 12.8 Å². The van der Waals surface area contributed by atoms with E-state index in [-0.39, 0.29) is 0 Å². The minimum absolute atomic E-state index is 0.446. The molecule has 0 radical (unpaired) electrons. The van der Waals surface area contributed by atoms with Crippen LogP contribution in [0.1, 0.15) is 39.3 Å². The van der Waals surface area contributed by atoms with Crippen LogP contribution in [0.2, 0.25) is 0 Å². The molecule has 0 aliphatic heterocycles. The van der Waals surface area contributed by atoms with Gasteiger partial charge in [-0.1, -0.05) is 6.92 Å². The van der Waals surface area contributed by atoms with E-state index in [0.29, 0.717) is 6.04 Å². The van der Waals surface area contributed by atoms with Crippen LogP contribution in [-0.4, -0.2) is 24.1 Å². The first-order chi connectivity index (χ1) is 8.20. The van der Waals surface area contributed by atoms with Gasteiger partial charge in [-0.3, -0.25) is 0 Å². The van der Waals surface area contributed by atoms with Crippen LogP contribution in [-0.2, 0) is 6.54 Å².